The van der Waals surface area contributed by atoms with E-state index >= 15 is 0 Å². The summed E-state index contributed by atoms with van der Waals surface area (Å²) in [4.78, 5) is 14.0. The molecule has 0 saturated carbocycles. The minimum Gasteiger partial charge on any atom is -0.496 e. The van der Waals surface area contributed by atoms with E-state index in [0.717, 1.165) is 44.6 Å². The van der Waals surface area contributed by atoms with Crippen LogP contribution in [0.25, 0.3) is 0 Å². The van der Waals surface area contributed by atoms with Gasteiger partial charge in [0.15, 0.2) is 0 Å². The lowest BCUT2D eigenvalue weighted by Gasteiger charge is -2.31. The second-order valence-corrected chi connectivity index (χ2v) is 7.93. The van der Waals surface area contributed by atoms with E-state index in [4.69, 9.17) is 9.47 Å². The lowest BCUT2D eigenvalue weighted by molar-refractivity contribution is 0.150. The fraction of sp³-hybridized carbons (Fsp3) is 0.480. The number of nitrogens with one attached hydrogen (secondary N) is 1. The molecule has 1 atom stereocenters. The average Bonchev–Trinajstić information content (AvgIpc) is 2.77. The molecule has 1 amide bonds. The number of nitrogens with zero attached hydrogens (tertiary/aromatic N) is 1. The smallest absolute Gasteiger partial charge is 0.407 e. The molecule has 1 aliphatic rings. The number of hydrogen-bond donors (Lipinski definition) is 1. The van der Waals surface area contributed by atoms with Crippen LogP contribution in [0.4, 0.5) is 4.79 Å². The predicted octanol–water partition coefficient (Wildman–Crippen LogP) is 4.44. The van der Waals surface area contributed by atoms with Gasteiger partial charge < -0.3 is 14.8 Å². The van der Waals surface area contributed by atoms with Gasteiger partial charge in [-0.15, -0.1) is 0 Å². The van der Waals surface area contributed by atoms with Gasteiger partial charge in [-0.05, 0) is 61.3 Å². The van der Waals surface area contributed by atoms with Crippen LogP contribution in [0.3, 0.4) is 0 Å². The van der Waals surface area contributed by atoms with Gasteiger partial charge in [0.1, 0.15) is 5.75 Å². The highest BCUT2D eigenvalue weighted by atomic mass is 16.5. The third-order valence-corrected chi connectivity index (χ3v) is 5.73. The van der Waals surface area contributed by atoms with Crippen molar-refractivity contribution in [1.82, 2.24) is 10.2 Å². The van der Waals surface area contributed by atoms with Gasteiger partial charge in [0, 0.05) is 26.2 Å². The lowest BCUT2D eigenvalue weighted by atomic mass is 9.83. The first-order valence-corrected chi connectivity index (χ1v) is 11.0. The van der Waals surface area contributed by atoms with E-state index in [2.05, 4.69) is 58.7 Å². The fourth-order valence-electron chi connectivity index (χ4n) is 4.29. The molecule has 0 saturated heterocycles. The summed E-state index contributed by atoms with van der Waals surface area (Å²) in [5.41, 5.74) is 4.13. The number of carbonyl (C=O) groups is 1. The van der Waals surface area contributed by atoms with Gasteiger partial charge >= 0.3 is 6.09 Å². The first-order chi connectivity index (χ1) is 14.7. The second-order valence-electron chi connectivity index (χ2n) is 7.93. The zero-order valence-corrected chi connectivity index (χ0v) is 18.2. The van der Waals surface area contributed by atoms with Crippen LogP contribution in [0, 0.1) is 5.92 Å². The number of rotatable bonds is 10. The van der Waals surface area contributed by atoms with E-state index in [1.165, 1.54) is 23.1 Å². The summed E-state index contributed by atoms with van der Waals surface area (Å²) in [7, 11) is 1.76. The van der Waals surface area contributed by atoms with E-state index in [9.17, 15) is 4.79 Å². The van der Waals surface area contributed by atoms with Crippen molar-refractivity contribution in [1.29, 1.82) is 0 Å². The molecule has 0 fully saturated rings. The molecule has 5 heteroatoms. The zero-order valence-electron chi connectivity index (χ0n) is 18.2. The van der Waals surface area contributed by atoms with Gasteiger partial charge in [-0.1, -0.05) is 42.5 Å². The molecular weight excluding hydrogens is 376 g/mol. The summed E-state index contributed by atoms with van der Waals surface area (Å²) in [6.07, 6.45) is 3.94. The van der Waals surface area contributed by atoms with E-state index in [-0.39, 0.29) is 6.09 Å². The van der Waals surface area contributed by atoms with Crippen LogP contribution >= 0.6 is 0 Å². The Morgan fingerprint density at radius 3 is 2.77 bits per heavy atom. The number of alkyl carbamates (subject to hydrolysis) is 1. The van der Waals surface area contributed by atoms with Crippen molar-refractivity contribution < 1.29 is 14.3 Å². The minimum atomic E-state index is -0.330. The Labute approximate surface area is 180 Å². The minimum absolute atomic E-state index is 0.330. The van der Waals surface area contributed by atoms with E-state index in [1.807, 2.05) is 6.92 Å². The Kier molecular flexibility index (Phi) is 8.57. The van der Waals surface area contributed by atoms with Crippen LogP contribution < -0.4 is 10.1 Å². The molecule has 30 heavy (non-hydrogen) atoms. The number of hydrogen-bond acceptors (Lipinski definition) is 4. The highest BCUT2D eigenvalue weighted by molar-refractivity contribution is 5.66. The largest absolute Gasteiger partial charge is 0.496 e. The second kappa shape index (κ2) is 11.6. The molecule has 2 aromatic rings. The molecule has 0 radical (unpaired) electrons. The highest BCUT2D eigenvalue weighted by Crippen LogP contribution is 2.32. The van der Waals surface area contributed by atoms with Gasteiger partial charge in [0.25, 0.3) is 0 Å². The van der Waals surface area contributed by atoms with E-state index in [1.54, 1.807) is 7.11 Å². The maximum atomic E-state index is 11.5. The molecule has 5 nitrogen and oxygen atoms in total. The van der Waals surface area contributed by atoms with Gasteiger partial charge in [-0.2, -0.15) is 0 Å². The van der Waals surface area contributed by atoms with Crippen molar-refractivity contribution in [3.63, 3.8) is 0 Å². The van der Waals surface area contributed by atoms with Crippen molar-refractivity contribution >= 4 is 6.09 Å². The Hall–Kier alpha value is -2.53. The van der Waals surface area contributed by atoms with Crippen LogP contribution in [-0.2, 0) is 24.1 Å². The van der Waals surface area contributed by atoms with E-state index in [0.29, 0.717) is 19.1 Å². The SMILES string of the molecule is CCOC(=O)NCCCN(Cc1ccccc1)CC1CCc2cccc(OC)c2C1. The third-order valence-electron chi connectivity index (χ3n) is 5.73. The topological polar surface area (TPSA) is 50.8 Å². The molecule has 0 aliphatic heterocycles. The summed E-state index contributed by atoms with van der Waals surface area (Å²) in [6.45, 7) is 5.76. The van der Waals surface area contributed by atoms with Crippen LogP contribution in [0.2, 0.25) is 0 Å². The van der Waals surface area contributed by atoms with Gasteiger partial charge in [-0.3, -0.25) is 4.90 Å². The Morgan fingerprint density at radius 1 is 1.17 bits per heavy atom. The summed E-state index contributed by atoms with van der Waals surface area (Å²) < 4.78 is 10.6. The molecule has 1 N–H and O–H groups in total. The fourth-order valence-corrected chi connectivity index (χ4v) is 4.29. The van der Waals surface area contributed by atoms with Crippen molar-refractivity contribution in [3.8, 4) is 5.75 Å². The number of benzene rings is 2. The maximum absolute atomic E-state index is 11.5. The third kappa shape index (κ3) is 6.49. The number of carbonyl (C=O) groups excluding carboxylic acids is 1. The predicted molar refractivity (Wildman–Crippen MR) is 120 cm³/mol. The first kappa shape index (κ1) is 22.2. The molecule has 3 rings (SSSR count). The molecule has 0 aromatic heterocycles. The van der Waals surface area contributed by atoms with Crippen LogP contribution in [0.1, 0.15) is 36.5 Å². The number of fused-ring (bicyclic) bond motifs is 1. The normalized spacial score (nSPS) is 15.5. The molecule has 1 aliphatic carbocycles. The summed E-state index contributed by atoms with van der Waals surface area (Å²) in [5, 5.41) is 2.83. The average molecular weight is 411 g/mol. The Bertz CT molecular complexity index is 780. The summed E-state index contributed by atoms with van der Waals surface area (Å²) in [6, 6.07) is 17.0. The van der Waals surface area contributed by atoms with Crippen molar-refractivity contribution in [2.75, 3.05) is 33.4 Å². The quantitative estimate of drug-likeness (QED) is 0.589. The van der Waals surface area contributed by atoms with Gasteiger partial charge in [0.2, 0.25) is 0 Å². The monoisotopic (exact) mass is 410 g/mol. The first-order valence-electron chi connectivity index (χ1n) is 11.0. The number of aryl methyl sites for hydroxylation is 1. The Balaban J connectivity index is 1.59. The number of ether oxygens (including phenoxy) is 2. The van der Waals surface area contributed by atoms with Gasteiger partial charge in [-0.25, -0.2) is 4.79 Å². The zero-order chi connectivity index (χ0) is 21.2. The number of amides is 1. The van der Waals surface area contributed by atoms with Crippen LogP contribution in [0.5, 0.6) is 5.75 Å². The molecular formula is C25H34N2O3. The molecule has 2 aromatic carbocycles. The van der Waals surface area contributed by atoms with E-state index < -0.39 is 0 Å². The standard InChI is InChI=1S/C25H34N2O3/c1-3-30-25(28)26-15-8-16-27(18-20-9-5-4-6-10-20)19-21-13-14-22-11-7-12-24(29-2)23(22)17-21/h4-7,9-12,21H,3,8,13-19H2,1-2H3,(H,26,28). The van der Waals surface area contributed by atoms with Crippen molar-refractivity contribution in [2.45, 2.75) is 39.2 Å². The summed E-state index contributed by atoms with van der Waals surface area (Å²) in [5.74, 6) is 1.63. The lowest BCUT2D eigenvalue weighted by Crippen LogP contribution is -2.35. The Morgan fingerprint density at radius 2 is 2.00 bits per heavy atom. The van der Waals surface area contributed by atoms with Crippen molar-refractivity contribution in [3.05, 3.63) is 65.2 Å². The summed E-state index contributed by atoms with van der Waals surface area (Å²) >= 11 is 0. The maximum Gasteiger partial charge on any atom is 0.407 e. The molecule has 0 spiro atoms. The van der Waals surface area contributed by atoms with Crippen LogP contribution in [-0.4, -0.2) is 44.3 Å². The number of methoxy groups -OCH3 is 1. The molecule has 1 unspecified atom stereocenters. The molecule has 162 valence electrons. The van der Waals surface area contributed by atoms with Gasteiger partial charge in [0.05, 0.1) is 13.7 Å². The molecule has 0 bridgehead atoms. The van der Waals surface area contributed by atoms with Crippen LogP contribution in [0.15, 0.2) is 48.5 Å². The highest BCUT2D eigenvalue weighted by Gasteiger charge is 2.23. The molecule has 0 heterocycles. The van der Waals surface area contributed by atoms with Crippen molar-refractivity contribution in [2.24, 2.45) is 5.92 Å².